The van der Waals surface area contributed by atoms with E-state index in [2.05, 4.69) is 10.6 Å². The molecular formula is C17H28ClN3O2. The third-order valence-electron chi connectivity index (χ3n) is 3.58. The van der Waals surface area contributed by atoms with Crippen molar-refractivity contribution >= 4 is 29.9 Å². The van der Waals surface area contributed by atoms with Crippen LogP contribution < -0.4 is 16.4 Å². The molecule has 0 fully saturated rings. The zero-order chi connectivity index (χ0) is 17.1. The molecule has 0 saturated heterocycles. The van der Waals surface area contributed by atoms with Crippen LogP contribution in [-0.2, 0) is 9.59 Å². The van der Waals surface area contributed by atoms with Crippen LogP contribution >= 0.6 is 12.4 Å². The summed E-state index contributed by atoms with van der Waals surface area (Å²) >= 11 is 0. The molecule has 2 amide bonds. The van der Waals surface area contributed by atoms with E-state index in [0.717, 1.165) is 22.4 Å². The van der Waals surface area contributed by atoms with Crippen molar-refractivity contribution in [2.75, 3.05) is 11.9 Å². The summed E-state index contributed by atoms with van der Waals surface area (Å²) in [6.07, 6.45) is 0. The summed E-state index contributed by atoms with van der Waals surface area (Å²) in [6.45, 7) is 11.5. The molecule has 1 rings (SSSR count). The van der Waals surface area contributed by atoms with Crippen LogP contribution in [0.5, 0.6) is 0 Å². The molecule has 0 aliphatic heterocycles. The van der Waals surface area contributed by atoms with Gasteiger partial charge in [-0.1, -0.05) is 38.5 Å². The average molecular weight is 342 g/mol. The van der Waals surface area contributed by atoms with Crippen LogP contribution in [0.1, 0.15) is 37.5 Å². The van der Waals surface area contributed by atoms with Gasteiger partial charge in [0.1, 0.15) is 0 Å². The van der Waals surface area contributed by atoms with E-state index in [-0.39, 0.29) is 36.2 Å². The monoisotopic (exact) mass is 341 g/mol. The Labute approximate surface area is 144 Å². The summed E-state index contributed by atoms with van der Waals surface area (Å²) in [4.78, 5) is 23.9. The maximum Gasteiger partial charge on any atom is 0.243 e. The van der Waals surface area contributed by atoms with Gasteiger partial charge in [0, 0.05) is 5.69 Å². The van der Waals surface area contributed by atoms with Crippen molar-refractivity contribution in [3.63, 3.8) is 0 Å². The second-order valence-electron chi connectivity index (χ2n) is 6.88. The molecule has 1 aromatic rings. The standard InChI is InChI=1S/C17H27N3O2.ClH/c1-10-7-11(2)14(12(3)8-10)20-13(21)9-19-16(22)15(18)17(4,5)6;/h7-8,15H,9,18H2,1-6H3,(H,19,22)(H,20,21);1H/t15-;/m1./s1. The number of anilines is 1. The van der Waals surface area contributed by atoms with Gasteiger partial charge in [-0.25, -0.2) is 0 Å². The largest absolute Gasteiger partial charge is 0.346 e. The number of hydrogen-bond donors (Lipinski definition) is 3. The number of nitrogens with one attached hydrogen (secondary N) is 2. The van der Waals surface area contributed by atoms with E-state index in [0.29, 0.717) is 0 Å². The fourth-order valence-corrected chi connectivity index (χ4v) is 2.23. The molecule has 0 bridgehead atoms. The van der Waals surface area contributed by atoms with Crippen molar-refractivity contribution in [3.8, 4) is 0 Å². The van der Waals surface area contributed by atoms with E-state index in [9.17, 15) is 9.59 Å². The first-order chi connectivity index (χ1) is 10.0. The lowest BCUT2D eigenvalue weighted by atomic mass is 9.87. The SMILES string of the molecule is Cc1cc(C)c(NC(=O)CNC(=O)[C@@H](N)C(C)(C)C)c(C)c1.Cl. The minimum Gasteiger partial charge on any atom is -0.346 e. The summed E-state index contributed by atoms with van der Waals surface area (Å²) in [7, 11) is 0. The Morgan fingerprint density at radius 3 is 2.04 bits per heavy atom. The van der Waals surface area contributed by atoms with Crippen molar-refractivity contribution in [2.24, 2.45) is 11.1 Å². The molecule has 1 aromatic carbocycles. The van der Waals surface area contributed by atoms with Gasteiger partial charge in [-0.05, 0) is 37.3 Å². The highest BCUT2D eigenvalue weighted by atomic mass is 35.5. The van der Waals surface area contributed by atoms with Crippen molar-refractivity contribution in [1.29, 1.82) is 0 Å². The zero-order valence-electron chi connectivity index (χ0n) is 14.7. The summed E-state index contributed by atoms with van der Waals surface area (Å²) in [5.41, 5.74) is 9.46. The molecule has 0 spiro atoms. The first-order valence-corrected chi connectivity index (χ1v) is 7.43. The predicted octanol–water partition coefficient (Wildman–Crippen LogP) is 2.46. The molecule has 0 saturated carbocycles. The van der Waals surface area contributed by atoms with Gasteiger partial charge in [0.15, 0.2) is 0 Å². The van der Waals surface area contributed by atoms with Crippen LogP contribution in [0.3, 0.4) is 0 Å². The Kier molecular flexibility index (Phi) is 7.74. The van der Waals surface area contributed by atoms with E-state index in [1.54, 1.807) is 0 Å². The number of amides is 2. The molecule has 23 heavy (non-hydrogen) atoms. The third-order valence-corrected chi connectivity index (χ3v) is 3.58. The maximum atomic E-state index is 12.0. The highest BCUT2D eigenvalue weighted by molar-refractivity contribution is 5.96. The number of hydrogen-bond acceptors (Lipinski definition) is 3. The van der Waals surface area contributed by atoms with Gasteiger partial charge < -0.3 is 16.4 Å². The smallest absolute Gasteiger partial charge is 0.243 e. The fraction of sp³-hybridized carbons (Fsp3) is 0.529. The van der Waals surface area contributed by atoms with Gasteiger partial charge in [0.25, 0.3) is 0 Å². The van der Waals surface area contributed by atoms with E-state index >= 15 is 0 Å². The highest BCUT2D eigenvalue weighted by Crippen LogP contribution is 2.21. The fourth-order valence-electron chi connectivity index (χ4n) is 2.23. The molecular weight excluding hydrogens is 314 g/mol. The van der Waals surface area contributed by atoms with Crippen LogP contribution in [-0.4, -0.2) is 24.4 Å². The van der Waals surface area contributed by atoms with Crippen molar-refractivity contribution in [2.45, 2.75) is 47.6 Å². The molecule has 0 aliphatic carbocycles. The number of benzene rings is 1. The lowest BCUT2D eigenvalue weighted by Gasteiger charge is -2.25. The Morgan fingerprint density at radius 2 is 1.61 bits per heavy atom. The summed E-state index contributed by atoms with van der Waals surface area (Å²) in [5, 5.41) is 5.43. The first kappa shape index (κ1) is 21.4. The number of rotatable bonds is 4. The van der Waals surface area contributed by atoms with E-state index in [4.69, 9.17) is 5.73 Å². The van der Waals surface area contributed by atoms with Crippen LogP contribution in [0.2, 0.25) is 0 Å². The number of nitrogens with two attached hydrogens (primary N) is 1. The second-order valence-corrected chi connectivity index (χ2v) is 6.88. The van der Waals surface area contributed by atoms with Crippen LogP contribution in [0.25, 0.3) is 0 Å². The topological polar surface area (TPSA) is 84.2 Å². The molecule has 0 aromatic heterocycles. The molecule has 0 unspecified atom stereocenters. The average Bonchev–Trinajstić information content (AvgIpc) is 2.38. The Morgan fingerprint density at radius 1 is 1.13 bits per heavy atom. The van der Waals surface area contributed by atoms with Gasteiger partial charge >= 0.3 is 0 Å². The number of carbonyl (C=O) groups is 2. The minimum absolute atomic E-state index is 0. The van der Waals surface area contributed by atoms with E-state index in [1.165, 1.54) is 0 Å². The van der Waals surface area contributed by atoms with Gasteiger partial charge in [-0.15, -0.1) is 12.4 Å². The molecule has 0 radical (unpaired) electrons. The number of aryl methyl sites for hydroxylation is 3. The Bertz CT molecular complexity index is 557. The van der Waals surface area contributed by atoms with Crippen molar-refractivity contribution in [1.82, 2.24) is 5.32 Å². The van der Waals surface area contributed by atoms with Crippen LogP contribution in [0, 0.1) is 26.2 Å². The van der Waals surface area contributed by atoms with E-state index in [1.807, 2.05) is 53.7 Å². The predicted molar refractivity (Wildman–Crippen MR) is 97.0 cm³/mol. The minimum atomic E-state index is -0.650. The van der Waals surface area contributed by atoms with Gasteiger partial charge in [0.2, 0.25) is 11.8 Å². The normalized spacial score (nSPS) is 12.1. The third kappa shape index (κ3) is 6.20. The zero-order valence-corrected chi connectivity index (χ0v) is 15.6. The molecule has 4 N–H and O–H groups in total. The lowest BCUT2D eigenvalue weighted by molar-refractivity contribution is -0.126. The van der Waals surface area contributed by atoms with Crippen LogP contribution in [0.15, 0.2) is 12.1 Å². The Hall–Kier alpha value is -1.59. The van der Waals surface area contributed by atoms with E-state index < -0.39 is 6.04 Å². The number of halogens is 1. The summed E-state index contributed by atoms with van der Waals surface area (Å²) < 4.78 is 0. The molecule has 5 nitrogen and oxygen atoms in total. The van der Waals surface area contributed by atoms with Gasteiger partial charge in [-0.3, -0.25) is 9.59 Å². The Balaban J connectivity index is 0.00000484. The molecule has 1 atom stereocenters. The van der Waals surface area contributed by atoms with Gasteiger partial charge in [0.05, 0.1) is 12.6 Å². The van der Waals surface area contributed by atoms with Crippen LogP contribution in [0.4, 0.5) is 5.69 Å². The molecule has 6 heteroatoms. The lowest BCUT2D eigenvalue weighted by Crippen LogP contribution is -2.50. The molecule has 0 aliphatic rings. The van der Waals surface area contributed by atoms with Crippen molar-refractivity contribution < 1.29 is 9.59 Å². The first-order valence-electron chi connectivity index (χ1n) is 7.43. The maximum absolute atomic E-state index is 12.0. The summed E-state index contributed by atoms with van der Waals surface area (Å²) in [6, 6.07) is 3.37. The number of carbonyl (C=O) groups excluding carboxylic acids is 2. The second kappa shape index (κ2) is 8.31. The molecule has 0 heterocycles. The summed E-state index contributed by atoms with van der Waals surface area (Å²) in [5.74, 6) is -0.579. The quantitative estimate of drug-likeness (QED) is 0.786. The molecule has 130 valence electrons. The highest BCUT2D eigenvalue weighted by Gasteiger charge is 2.27. The van der Waals surface area contributed by atoms with Gasteiger partial charge in [-0.2, -0.15) is 0 Å². The van der Waals surface area contributed by atoms with Crippen molar-refractivity contribution in [3.05, 3.63) is 28.8 Å².